The van der Waals surface area contributed by atoms with E-state index >= 15 is 0 Å². The Hall–Kier alpha value is -1.27. The van der Waals surface area contributed by atoms with Crippen LogP contribution in [0.15, 0.2) is 52.1 Å². The molecule has 0 unspecified atom stereocenters. The molecule has 1 aliphatic heterocycles. The fourth-order valence-electron chi connectivity index (χ4n) is 4.20. The second-order valence-corrected chi connectivity index (χ2v) is 19.3. The summed E-state index contributed by atoms with van der Waals surface area (Å²) in [5.41, 5.74) is 2.71. The van der Waals surface area contributed by atoms with Crippen molar-refractivity contribution in [1.29, 1.82) is 0 Å². The quantitative estimate of drug-likeness (QED) is 0.229. The molecule has 0 saturated carbocycles. The molecule has 2 heterocycles. The molecule has 1 aromatic heterocycles. The van der Waals surface area contributed by atoms with Crippen LogP contribution in [0.1, 0.15) is 5.56 Å². The maximum atomic E-state index is 13.4. The molecule has 0 bridgehead atoms. The summed E-state index contributed by atoms with van der Waals surface area (Å²) in [6, 6.07) is 12.3. The van der Waals surface area contributed by atoms with E-state index in [0.717, 1.165) is 29.5 Å². The second-order valence-electron chi connectivity index (χ2n) is 10.5. The van der Waals surface area contributed by atoms with Crippen molar-refractivity contribution in [3.8, 4) is 0 Å². The van der Waals surface area contributed by atoms with Crippen LogP contribution in [-0.4, -0.2) is 74.6 Å². The number of nitrogens with zero attached hydrogens (tertiary/aromatic N) is 4. The summed E-state index contributed by atoms with van der Waals surface area (Å²) in [5.74, 6) is 0. The number of hydrogen-bond donors (Lipinski definition) is 0. The molecule has 1 aliphatic rings. The number of ether oxygens (including phenoxy) is 1. The number of aromatic nitrogens is 2. The molecule has 196 valence electrons. The number of imidazole rings is 1. The third kappa shape index (κ3) is 6.97. The number of rotatable bonds is 10. The lowest BCUT2D eigenvalue weighted by Crippen LogP contribution is -2.49. The van der Waals surface area contributed by atoms with Gasteiger partial charge in [-0.15, -0.1) is 0 Å². The van der Waals surface area contributed by atoms with E-state index in [1.165, 1.54) is 5.56 Å². The van der Waals surface area contributed by atoms with Crippen LogP contribution in [0, 0.1) is 0 Å². The lowest BCUT2D eigenvalue weighted by atomic mass is 10.1. The normalized spacial score (nSPS) is 16.1. The third-order valence-electron chi connectivity index (χ3n) is 6.47. The first-order valence-electron chi connectivity index (χ1n) is 12.2. The van der Waals surface area contributed by atoms with Crippen molar-refractivity contribution in [2.24, 2.45) is 0 Å². The van der Waals surface area contributed by atoms with E-state index in [0.29, 0.717) is 49.5 Å². The molecule has 0 atom stereocenters. The van der Waals surface area contributed by atoms with Crippen LogP contribution in [0.4, 0.5) is 0 Å². The summed E-state index contributed by atoms with van der Waals surface area (Å²) >= 11 is 9.55. The molecular formula is C25H34BrClN4O3SSi. The van der Waals surface area contributed by atoms with Crippen molar-refractivity contribution in [2.75, 3.05) is 39.3 Å². The van der Waals surface area contributed by atoms with E-state index < -0.39 is 18.1 Å². The van der Waals surface area contributed by atoms with E-state index in [1.807, 2.05) is 28.8 Å². The monoisotopic (exact) mass is 612 g/mol. The van der Waals surface area contributed by atoms with Gasteiger partial charge in [0.1, 0.15) is 6.73 Å². The zero-order valence-corrected chi connectivity index (χ0v) is 25.2. The Bertz CT molecular complexity index is 1290. The highest BCUT2D eigenvalue weighted by molar-refractivity contribution is 9.10. The van der Waals surface area contributed by atoms with Gasteiger partial charge in [-0.05, 0) is 58.2 Å². The summed E-state index contributed by atoms with van der Waals surface area (Å²) in [6.45, 7) is 11.3. The Labute approximate surface area is 228 Å². The smallest absolute Gasteiger partial charge is 0.243 e. The van der Waals surface area contributed by atoms with Gasteiger partial charge >= 0.3 is 0 Å². The first kappa shape index (κ1) is 27.8. The maximum Gasteiger partial charge on any atom is 0.243 e. The minimum absolute atomic E-state index is 0.265. The number of piperazine rings is 1. The number of benzene rings is 2. The molecule has 0 aliphatic carbocycles. The predicted molar refractivity (Wildman–Crippen MR) is 152 cm³/mol. The molecule has 11 heteroatoms. The van der Waals surface area contributed by atoms with E-state index in [1.54, 1.807) is 22.8 Å². The van der Waals surface area contributed by atoms with E-state index in [-0.39, 0.29) is 4.90 Å². The summed E-state index contributed by atoms with van der Waals surface area (Å²) in [6.07, 6.45) is 2.62. The highest BCUT2D eigenvalue weighted by Crippen LogP contribution is 2.29. The van der Waals surface area contributed by atoms with Crippen molar-refractivity contribution in [3.05, 3.63) is 57.8 Å². The van der Waals surface area contributed by atoms with E-state index in [9.17, 15) is 8.42 Å². The minimum atomic E-state index is -3.61. The summed E-state index contributed by atoms with van der Waals surface area (Å²) in [7, 11) is -4.77. The Morgan fingerprint density at radius 3 is 2.44 bits per heavy atom. The molecular weight excluding hydrogens is 580 g/mol. The van der Waals surface area contributed by atoms with Gasteiger partial charge in [0, 0.05) is 56.9 Å². The van der Waals surface area contributed by atoms with Gasteiger partial charge in [-0.2, -0.15) is 4.31 Å². The second kappa shape index (κ2) is 11.6. The summed E-state index contributed by atoms with van der Waals surface area (Å²) in [4.78, 5) is 7.03. The molecule has 36 heavy (non-hydrogen) atoms. The first-order chi connectivity index (χ1) is 17.0. The zero-order chi connectivity index (χ0) is 25.9. The Balaban J connectivity index is 1.37. The largest absolute Gasteiger partial charge is 0.361 e. The number of hydrogen-bond acceptors (Lipinski definition) is 5. The predicted octanol–water partition coefficient (Wildman–Crippen LogP) is 5.31. The number of sulfonamides is 1. The fraction of sp³-hybridized carbons (Fsp3) is 0.480. The van der Waals surface area contributed by atoms with Crippen LogP contribution in [0.2, 0.25) is 30.7 Å². The Morgan fingerprint density at radius 1 is 1.08 bits per heavy atom. The van der Waals surface area contributed by atoms with Crippen LogP contribution < -0.4 is 0 Å². The van der Waals surface area contributed by atoms with Gasteiger partial charge in [0.05, 0.1) is 22.3 Å². The van der Waals surface area contributed by atoms with Gasteiger partial charge in [-0.3, -0.25) is 0 Å². The van der Waals surface area contributed by atoms with Crippen LogP contribution in [0.25, 0.3) is 11.0 Å². The lowest BCUT2D eigenvalue weighted by molar-refractivity contribution is 0.0898. The first-order valence-corrected chi connectivity index (χ1v) is 18.5. The topological polar surface area (TPSA) is 67.7 Å². The van der Waals surface area contributed by atoms with Crippen molar-refractivity contribution in [1.82, 2.24) is 18.8 Å². The maximum absolute atomic E-state index is 13.4. The molecule has 1 saturated heterocycles. The van der Waals surface area contributed by atoms with Crippen molar-refractivity contribution in [2.45, 2.75) is 43.7 Å². The fourth-order valence-corrected chi connectivity index (χ4v) is 7.38. The average Bonchev–Trinajstić information content (AvgIpc) is 3.25. The van der Waals surface area contributed by atoms with E-state index in [2.05, 4.69) is 45.5 Å². The lowest BCUT2D eigenvalue weighted by Gasteiger charge is -2.34. The molecule has 0 N–H and O–H groups in total. The van der Waals surface area contributed by atoms with Gasteiger partial charge in [0.25, 0.3) is 0 Å². The van der Waals surface area contributed by atoms with Crippen LogP contribution in [-0.2, 0) is 27.9 Å². The van der Waals surface area contributed by atoms with Crippen LogP contribution in [0.5, 0.6) is 0 Å². The number of halogens is 2. The summed E-state index contributed by atoms with van der Waals surface area (Å²) < 4.78 is 36.9. The van der Waals surface area contributed by atoms with Gasteiger partial charge in [-0.1, -0.05) is 43.4 Å². The average molecular weight is 614 g/mol. The zero-order valence-electron chi connectivity index (χ0n) is 21.1. The standard InChI is InChI=1S/C25H34BrClN4O3SSi/c1-36(2,3)15-14-34-19-30-18-28-24-17-22(16-23(26)25(24)30)35(32,33)31-12-10-29(11-13-31)9-8-20-4-6-21(27)7-5-20/h4-7,16-18H,8-15,19H2,1-3H3. The summed E-state index contributed by atoms with van der Waals surface area (Å²) in [5, 5.41) is 0.736. The van der Waals surface area contributed by atoms with Crippen LogP contribution >= 0.6 is 27.5 Å². The van der Waals surface area contributed by atoms with Crippen molar-refractivity contribution < 1.29 is 13.2 Å². The molecule has 2 aromatic carbocycles. The third-order valence-corrected chi connectivity index (χ3v) is 10.9. The van der Waals surface area contributed by atoms with Gasteiger partial charge in [0.2, 0.25) is 10.0 Å². The minimum Gasteiger partial charge on any atom is -0.361 e. The molecule has 3 aromatic rings. The highest BCUT2D eigenvalue weighted by Gasteiger charge is 2.29. The molecule has 0 radical (unpaired) electrons. The Kier molecular flexibility index (Phi) is 8.97. The molecule has 0 amide bonds. The highest BCUT2D eigenvalue weighted by atomic mass is 79.9. The molecule has 7 nitrogen and oxygen atoms in total. The SMILES string of the molecule is C[Si](C)(C)CCOCn1cnc2cc(S(=O)(=O)N3CCN(CCc4ccc(Cl)cc4)CC3)cc(Br)c21. The molecule has 1 fully saturated rings. The van der Waals surface area contributed by atoms with Crippen molar-refractivity contribution >= 4 is 56.7 Å². The molecule has 0 spiro atoms. The number of fused-ring (bicyclic) bond motifs is 1. The van der Waals surface area contributed by atoms with Crippen LogP contribution in [0.3, 0.4) is 0 Å². The Morgan fingerprint density at radius 2 is 1.78 bits per heavy atom. The van der Waals surface area contributed by atoms with Gasteiger partial charge in [-0.25, -0.2) is 13.4 Å². The van der Waals surface area contributed by atoms with Crippen molar-refractivity contribution in [3.63, 3.8) is 0 Å². The van der Waals surface area contributed by atoms with Gasteiger partial charge in [0.15, 0.2) is 0 Å². The van der Waals surface area contributed by atoms with E-state index in [4.69, 9.17) is 16.3 Å². The van der Waals surface area contributed by atoms with Gasteiger partial charge < -0.3 is 14.2 Å². The molecule has 4 rings (SSSR count).